The standard InChI is InChI=1S/C17H19F2N/c1-12-4-2-3-5-13(12)7-9-16(20)10-14-6-8-15(18)11-17(14)19/h2-6,8,11,16H,7,9-10,20H2,1H3. The smallest absolute Gasteiger partial charge is 0.129 e. The van der Waals surface area contributed by atoms with E-state index >= 15 is 0 Å². The van der Waals surface area contributed by atoms with Crippen LogP contribution in [0.25, 0.3) is 0 Å². The molecular weight excluding hydrogens is 256 g/mol. The van der Waals surface area contributed by atoms with Crippen LogP contribution in [-0.4, -0.2) is 6.04 Å². The van der Waals surface area contributed by atoms with Crippen molar-refractivity contribution in [1.29, 1.82) is 0 Å². The maximum atomic E-state index is 13.5. The van der Waals surface area contributed by atoms with Crippen molar-refractivity contribution >= 4 is 0 Å². The van der Waals surface area contributed by atoms with E-state index in [4.69, 9.17) is 5.73 Å². The van der Waals surface area contributed by atoms with E-state index in [9.17, 15) is 8.78 Å². The molecule has 2 rings (SSSR count). The van der Waals surface area contributed by atoms with Crippen LogP contribution in [-0.2, 0) is 12.8 Å². The molecule has 0 amide bonds. The van der Waals surface area contributed by atoms with Crippen LogP contribution in [0.4, 0.5) is 8.78 Å². The van der Waals surface area contributed by atoms with Crippen LogP contribution < -0.4 is 5.73 Å². The summed E-state index contributed by atoms with van der Waals surface area (Å²) in [5.74, 6) is -1.07. The van der Waals surface area contributed by atoms with Crippen molar-refractivity contribution in [2.75, 3.05) is 0 Å². The van der Waals surface area contributed by atoms with Crippen molar-refractivity contribution in [2.24, 2.45) is 5.73 Å². The van der Waals surface area contributed by atoms with Gasteiger partial charge in [-0.15, -0.1) is 0 Å². The van der Waals surface area contributed by atoms with Gasteiger partial charge in [0.2, 0.25) is 0 Å². The molecule has 0 aliphatic heterocycles. The largest absolute Gasteiger partial charge is 0.327 e. The number of halogens is 2. The quantitative estimate of drug-likeness (QED) is 0.883. The molecule has 106 valence electrons. The van der Waals surface area contributed by atoms with Crippen LogP contribution in [0.3, 0.4) is 0 Å². The highest BCUT2D eigenvalue weighted by molar-refractivity contribution is 5.26. The minimum Gasteiger partial charge on any atom is -0.327 e. The van der Waals surface area contributed by atoms with Gasteiger partial charge in [0, 0.05) is 12.1 Å². The lowest BCUT2D eigenvalue weighted by molar-refractivity contribution is 0.548. The van der Waals surface area contributed by atoms with Gasteiger partial charge in [-0.3, -0.25) is 0 Å². The third-order valence-electron chi connectivity index (χ3n) is 3.54. The Kier molecular flexibility index (Phi) is 4.85. The van der Waals surface area contributed by atoms with Gasteiger partial charge in [-0.1, -0.05) is 30.3 Å². The van der Waals surface area contributed by atoms with E-state index in [1.54, 1.807) is 0 Å². The Balaban J connectivity index is 1.92. The van der Waals surface area contributed by atoms with Crippen molar-refractivity contribution in [1.82, 2.24) is 0 Å². The summed E-state index contributed by atoms with van der Waals surface area (Å²) < 4.78 is 26.4. The molecule has 0 aliphatic rings. The van der Waals surface area contributed by atoms with E-state index in [-0.39, 0.29) is 6.04 Å². The van der Waals surface area contributed by atoms with E-state index in [0.29, 0.717) is 12.0 Å². The third kappa shape index (κ3) is 3.87. The molecule has 0 fully saturated rings. The minimum absolute atomic E-state index is 0.130. The maximum Gasteiger partial charge on any atom is 0.129 e. The first-order chi connectivity index (χ1) is 9.56. The number of aryl methyl sites for hydroxylation is 2. The SMILES string of the molecule is Cc1ccccc1CCC(N)Cc1ccc(F)cc1F. The molecule has 0 aromatic heterocycles. The molecule has 0 aliphatic carbocycles. The van der Waals surface area contributed by atoms with Crippen LogP contribution >= 0.6 is 0 Å². The first-order valence-corrected chi connectivity index (χ1v) is 6.80. The molecule has 2 aromatic rings. The number of hydrogen-bond donors (Lipinski definition) is 1. The predicted octanol–water partition coefficient (Wildman–Crippen LogP) is 3.78. The molecule has 0 heterocycles. The van der Waals surface area contributed by atoms with Crippen LogP contribution in [0.2, 0.25) is 0 Å². The number of nitrogens with two attached hydrogens (primary N) is 1. The molecule has 2 aromatic carbocycles. The second-order valence-electron chi connectivity index (χ2n) is 5.17. The first-order valence-electron chi connectivity index (χ1n) is 6.80. The van der Waals surface area contributed by atoms with Crippen LogP contribution in [0, 0.1) is 18.6 Å². The number of benzene rings is 2. The van der Waals surface area contributed by atoms with Crippen molar-refractivity contribution in [3.05, 3.63) is 70.8 Å². The van der Waals surface area contributed by atoms with Gasteiger partial charge in [-0.25, -0.2) is 8.78 Å². The van der Waals surface area contributed by atoms with Gasteiger partial charge in [-0.05, 0) is 48.9 Å². The predicted molar refractivity (Wildman–Crippen MR) is 77.5 cm³/mol. The lowest BCUT2D eigenvalue weighted by Crippen LogP contribution is -2.24. The number of rotatable bonds is 5. The molecular formula is C17H19F2N. The van der Waals surface area contributed by atoms with Gasteiger partial charge in [0.05, 0.1) is 0 Å². The molecule has 0 saturated heterocycles. The van der Waals surface area contributed by atoms with Crippen LogP contribution in [0.5, 0.6) is 0 Å². The molecule has 1 nitrogen and oxygen atoms in total. The zero-order chi connectivity index (χ0) is 14.5. The summed E-state index contributed by atoms with van der Waals surface area (Å²) in [6.07, 6.45) is 2.08. The van der Waals surface area contributed by atoms with E-state index in [2.05, 4.69) is 19.1 Å². The molecule has 3 heteroatoms. The molecule has 1 atom stereocenters. The van der Waals surface area contributed by atoms with Crippen molar-refractivity contribution in [3.63, 3.8) is 0 Å². The van der Waals surface area contributed by atoms with Crippen molar-refractivity contribution < 1.29 is 8.78 Å². The Bertz CT molecular complexity index is 581. The van der Waals surface area contributed by atoms with Crippen molar-refractivity contribution in [3.8, 4) is 0 Å². The molecule has 0 spiro atoms. The second kappa shape index (κ2) is 6.62. The number of hydrogen-bond acceptors (Lipinski definition) is 1. The summed E-state index contributed by atoms with van der Waals surface area (Å²) >= 11 is 0. The summed E-state index contributed by atoms with van der Waals surface area (Å²) in [6.45, 7) is 2.07. The highest BCUT2D eigenvalue weighted by atomic mass is 19.1. The van der Waals surface area contributed by atoms with Gasteiger partial charge >= 0.3 is 0 Å². The molecule has 20 heavy (non-hydrogen) atoms. The van der Waals surface area contributed by atoms with E-state index in [1.807, 2.05) is 12.1 Å². The first kappa shape index (κ1) is 14.7. The van der Waals surface area contributed by atoms with Gasteiger partial charge in [-0.2, -0.15) is 0 Å². The Morgan fingerprint density at radius 1 is 1.05 bits per heavy atom. The van der Waals surface area contributed by atoms with Gasteiger partial charge in [0.1, 0.15) is 11.6 Å². The fourth-order valence-corrected chi connectivity index (χ4v) is 2.30. The summed E-state index contributed by atoms with van der Waals surface area (Å²) in [5.41, 5.74) is 9.04. The maximum absolute atomic E-state index is 13.5. The fourth-order valence-electron chi connectivity index (χ4n) is 2.30. The van der Waals surface area contributed by atoms with Gasteiger partial charge in [0.25, 0.3) is 0 Å². The van der Waals surface area contributed by atoms with Crippen LogP contribution in [0.15, 0.2) is 42.5 Å². The Hall–Kier alpha value is -1.74. The average molecular weight is 275 g/mol. The molecule has 0 radical (unpaired) electrons. The van der Waals surface area contributed by atoms with E-state index in [0.717, 1.165) is 18.9 Å². The lowest BCUT2D eigenvalue weighted by atomic mass is 9.97. The zero-order valence-corrected chi connectivity index (χ0v) is 11.6. The normalized spacial score (nSPS) is 12.4. The van der Waals surface area contributed by atoms with E-state index in [1.165, 1.54) is 23.3 Å². The zero-order valence-electron chi connectivity index (χ0n) is 11.6. The Morgan fingerprint density at radius 2 is 1.80 bits per heavy atom. The fraction of sp³-hybridized carbons (Fsp3) is 0.294. The highest BCUT2D eigenvalue weighted by Gasteiger charge is 2.10. The monoisotopic (exact) mass is 275 g/mol. The lowest BCUT2D eigenvalue weighted by Gasteiger charge is -2.13. The summed E-state index contributed by atoms with van der Waals surface area (Å²) in [6, 6.07) is 11.7. The summed E-state index contributed by atoms with van der Waals surface area (Å²) in [5, 5.41) is 0. The highest BCUT2D eigenvalue weighted by Crippen LogP contribution is 2.15. The summed E-state index contributed by atoms with van der Waals surface area (Å²) in [4.78, 5) is 0. The van der Waals surface area contributed by atoms with E-state index < -0.39 is 11.6 Å². The second-order valence-corrected chi connectivity index (χ2v) is 5.17. The van der Waals surface area contributed by atoms with Crippen molar-refractivity contribution in [2.45, 2.75) is 32.2 Å². The third-order valence-corrected chi connectivity index (χ3v) is 3.54. The average Bonchev–Trinajstić information content (AvgIpc) is 2.41. The Labute approximate surface area is 118 Å². The molecule has 0 bridgehead atoms. The summed E-state index contributed by atoms with van der Waals surface area (Å²) in [7, 11) is 0. The van der Waals surface area contributed by atoms with Crippen LogP contribution in [0.1, 0.15) is 23.1 Å². The molecule has 2 N–H and O–H groups in total. The molecule has 0 saturated carbocycles. The Morgan fingerprint density at radius 3 is 2.50 bits per heavy atom. The molecule has 1 unspecified atom stereocenters. The topological polar surface area (TPSA) is 26.0 Å². The minimum atomic E-state index is -0.556. The van der Waals surface area contributed by atoms with Gasteiger partial charge in [0.15, 0.2) is 0 Å². The van der Waals surface area contributed by atoms with Gasteiger partial charge < -0.3 is 5.73 Å².